The van der Waals surface area contributed by atoms with E-state index in [1.54, 1.807) is 6.07 Å². The van der Waals surface area contributed by atoms with Gasteiger partial charge in [0.25, 0.3) is 0 Å². The maximum absolute atomic E-state index is 12.8. The zero-order chi connectivity index (χ0) is 9.42. The molecule has 1 unspecified atom stereocenters. The van der Waals surface area contributed by atoms with Crippen molar-refractivity contribution >= 4 is 21.6 Å². The SMILES string of the molecule is CC(N)c1nc2cc(F)ccc2s1. The minimum absolute atomic E-state index is 0.0829. The largest absolute Gasteiger partial charge is 0.322 e. The van der Waals surface area contributed by atoms with Crippen molar-refractivity contribution in [2.75, 3.05) is 0 Å². The van der Waals surface area contributed by atoms with Crippen LogP contribution in [0.5, 0.6) is 0 Å². The third-order valence-electron chi connectivity index (χ3n) is 1.76. The van der Waals surface area contributed by atoms with Gasteiger partial charge in [-0.25, -0.2) is 9.37 Å². The van der Waals surface area contributed by atoms with Crippen molar-refractivity contribution in [3.63, 3.8) is 0 Å². The molecule has 2 rings (SSSR count). The summed E-state index contributed by atoms with van der Waals surface area (Å²) in [5.74, 6) is -0.256. The van der Waals surface area contributed by atoms with E-state index in [2.05, 4.69) is 4.98 Å². The number of nitrogens with zero attached hydrogens (tertiary/aromatic N) is 1. The lowest BCUT2D eigenvalue weighted by Gasteiger charge is -1.95. The Morgan fingerprint density at radius 3 is 3.00 bits per heavy atom. The molecule has 0 aliphatic heterocycles. The smallest absolute Gasteiger partial charge is 0.125 e. The highest BCUT2D eigenvalue weighted by Crippen LogP contribution is 2.25. The molecule has 68 valence electrons. The second-order valence-corrected chi connectivity index (χ2v) is 4.02. The van der Waals surface area contributed by atoms with Crippen LogP contribution in [0.25, 0.3) is 10.2 Å². The van der Waals surface area contributed by atoms with Crippen molar-refractivity contribution in [2.24, 2.45) is 5.73 Å². The van der Waals surface area contributed by atoms with Gasteiger partial charge in [-0.15, -0.1) is 11.3 Å². The summed E-state index contributed by atoms with van der Waals surface area (Å²) < 4.78 is 13.8. The normalized spacial score (nSPS) is 13.5. The molecule has 0 saturated carbocycles. The Bertz CT molecular complexity index is 436. The summed E-state index contributed by atoms with van der Waals surface area (Å²) in [4.78, 5) is 4.23. The van der Waals surface area contributed by atoms with Crippen LogP contribution in [0.15, 0.2) is 18.2 Å². The molecule has 2 N–H and O–H groups in total. The van der Waals surface area contributed by atoms with Crippen LogP contribution in [0.4, 0.5) is 4.39 Å². The van der Waals surface area contributed by atoms with Gasteiger partial charge in [-0.1, -0.05) is 0 Å². The third kappa shape index (κ3) is 1.55. The quantitative estimate of drug-likeness (QED) is 0.760. The lowest BCUT2D eigenvalue weighted by atomic mass is 10.3. The summed E-state index contributed by atoms with van der Waals surface area (Å²) in [6, 6.07) is 4.51. The molecule has 0 fully saturated rings. The number of hydrogen-bond acceptors (Lipinski definition) is 3. The van der Waals surface area contributed by atoms with Crippen molar-refractivity contribution in [2.45, 2.75) is 13.0 Å². The Labute approximate surface area is 79.2 Å². The van der Waals surface area contributed by atoms with Crippen LogP contribution >= 0.6 is 11.3 Å². The molecular formula is C9H9FN2S. The van der Waals surface area contributed by atoms with Crippen LogP contribution in [0.2, 0.25) is 0 Å². The number of benzene rings is 1. The van der Waals surface area contributed by atoms with Crippen LogP contribution in [0.1, 0.15) is 18.0 Å². The predicted octanol–water partition coefficient (Wildman–Crippen LogP) is 2.46. The standard InChI is InChI=1S/C9H9FN2S/c1-5(11)9-12-7-4-6(10)2-3-8(7)13-9/h2-5H,11H2,1H3. The molecule has 2 nitrogen and oxygen atoms in total. The maximum Gasteiger partial charge on any atom is 0.125 e. The first-order chi connectivity index (χ1) is 6.16. The number of rotatable bonds is 1. The van der Waals surface area contributed by atoms with E-state index in [0.29, 0.717) is 5.52 Å². The fourth-order valence-corrected chi connectivity index (χ4v) is 2.01. The van der Waals surface area contributed by atoms with Gasteiger partial charge in [0, 0.05) is 6.07 Å². The van der Waals surface area contributed by atoms with E-state index in [1.807, 2.05) is 6.92 Å². The maximum atomic E-state index is 12.8. The molecule has 0 bridgehead atoms. The highest BCUT2D eigenvalue weighted by molar-refractivity contribution is 7.18. The lowest BCUT2D eigenvalue weighted by molar-refractivity contribution is 0.629. The van der Waals surface area contributed by atoms with Crippen molar-refractivity contribution in [3.8, 4) is 0 Å². The summed E-state index contributed by atoms with van der Waals surface area (Å²) >= 11 is 1.51. The van der Waals surface area contributed by atoms with E-state index >= 15 is 0 Å². The van der Waals surface area contributed by atoms with Crippen molar-refractivity contribution in [3.05, 3.63) is 29.0 Å². The zero-order valence-corrected chi connectivity index (χ0v) is 7.94. The second-order valence-electron chi connectivity index (χ2n) is 2.95. The van der Waals surface area contributed by atoms with Crippen molar-refractivity contribution < 1.29 is 4.39 Å². The van der Waals surface area contributed by atoms with Crippen LogP contribution in [0.3, 0.4) is 0 Å². The molecule has 1 atom stereocenters. The highest BCUT2D eigenvalue weighted by atomic mass is 32.1. The van der Waals surface area contributed by atoms with Crippen LogP contribution < -0.4 is 5.73 Å². The highest BCUT2D eigenvalue weighted by Gasteiger charge is 2.07. The Balaban J connectivity index is 2.62. The summed E-state index contributed by atoms with van der Waals surface area (Å²) in [5, 5.41) is 0.848. The molecule has 4 heteroatoms. The number of thiazole rings is 1. The molecule has 13 heavy (non-hydrogen) atoms. The molecule has 1 aromatic carbocycles. The Morgan fingerprint density at radius 1 is 1.54 bits per heavy atom. The van der Waals surface area contributed by atoms with E-state index in [-0.39, 0.29) is 11.9 Å². The number of halogens is 1. The number of hydrogen-bond donors (Lipinski definition) is 1. The molecule has 1 aromatic heterocycles. The fraction of sp³-hybridized carbons (Fsp3) is 0.222. The summed E-state index contributed by atoms with van der Waals surface area (Å²) in [7, 11) is 0. The lowest BCUT2D eigenvalue weighted by Crippen LogP contribution is -2.03. The van der Waals surface area contributed by atoms with E-state index in [9.17, 15) is 4.39 Å². The van der Waals surface area contributed by atoms with Gasteiger partial charge in [-0.05, 0) is 19.1 Å². The first kappa shape index (κ1) is 8.59. The summed E-state index contributed by atoms with van der Waals surface area (Å²) in [5.41, 5.74) is 6.36. The van der Waals surface area contributed by atoms with Crippen LogP contribution in [0, 0.1) is 5.82 Å². The summed E-state index contributed by atoms with van der Waals surface area (Å²) in [6.07, 6.45) is 0. The molecule has 2 aromatic rings. The van der Waals surface area contributed by atoms with Crippen molar-refractivity contribution in [1.82, 2.24) is 4.98 Å². The molecule has 0 amide bonds. The van der Waals surface area contributed by atoms with Gasteiger partial charge in [-0.3, -0.25) is 0 Å². The minimum Gasteiger partial charge on any atom is -0.322 e. The molecule has 0 aliphatic carbocycles. The average molecular weight is 196 g/mol. The van der Waals surface area contributed by atoms with Crippen molar-refractivity contribution in [1.29, 1.82) is 0 Å². The summed E-state index contributed by atoms with van der Waals surface area (Å²) in [6.45, 7) is 1.87. The number of nitrogens with two attached hydrogens (primary N) is 1. The third-order valence-corrected chi connectivity index (χ3v) is 2.99. The van der Waals surface area contributed by atoms with Gasteiger partial charge in [0.1, 0.15) is 10.8 Å². The molecule has 0 saturated heterocycles. The van der Waals surface area contributed by atoms with Gasteiger partial charge < -0.3 is 5.73 Å². The fourth-order valence-electron chi connectivity index (χ4n) is 1.11. The molecule has 0 spiro atoms. The van der Waals surface area contributed by atoms with E-state index in [4.69, 9.17) is 5.73 Å². The predicted molar refractivity (Wildman–Crippen MR) is 52.2 cm³/mol. The van der Waals surface area contributed by atoms with Gasteiger partial charge in [-0.2, -0.15) is 0 Å². The minimum atomic E-state index is -0.256. The number of fused-ring (bicyclic) bond motifs is 1. The molecule has 1 heterocycles. The van der Waals surface area contributed by atoms with Gasteiger partial charge in [0.15, 0.2) is 0 Å². The molecule has 0 radical (unpaired) electrons. The molecular weight excluding hydrogens is 187 g/mol. The monoisotopic (exact) mass is 196 g/mol. The van der Waals surface area contributed by atoms with Crippen LogP contribution in [-0.4, -0.2) is 4.98 Å². The molecule has 0 aliphatic rings. The zero-order valence-electron chi connectivity index (χ0n) is 7.12. The van der Waals surface area contributed by atoms with E-state index in [1.165, 1.54) is 23.5 Å². The Morgan fingerprint density at radius 2 is 2.31 bits per heavy atom. The van der Waals surface area contributed by atoms with E-state index < -0.39 is 0 Å². The first-order valence-electron chi connectivity index (χ1n) is 3.98. The average Bonchev–Trinajstić information content (AvgIpc) is 2.46. The Hall–Kier alpha value is -1.00. The van der Waals surface area contributed by atoms with Crippen LogP contribution in [-0.2, 0) is 0 Å². The van der Waals surface area contributed by atoms with E-state index in [0.717, 1.165) is 9.71 Å². The van der Waals surface area contributed by atoms with Gasteiger partial charge >= 0.3 is 0 Å². The van der Waals surface area contributed by atoms with Gasteiger partial charge in [0.05, 0.1) is 16.3 Å². The topological polar surface area (TPSA) is 38.9 Å². The van der Waals surface area contributed by atoms with Gasteiger partial charge in [0.2, 0.25) is 0 Å². The Kier molecular flexibility index (Phi) is 2.01. The second kappa shape index (κ2) is 3.05. The number of aromatic nitrogens is 1. The first-order valence-corrected chi connectivity index (χ1v) is 4.80.